The summed E-state index contributed by atoms with van der Waals surface area (Å²) in [6.07, 6.45) is 8.62. The zero-order valence-electron chi connectivity index (χ0n) is 8.84. The van der Waals surface area contributed by atoms with Gasteiger partial charge in [-0.2, -0.15) is 0 Å². The highest BCUT2D eigenvalue weighted by Gasteiger charge is 2.22. The van der Waals surface area contributed by atoms with Gasteiger partial charge in [-0.1, -0.05) is 32.6 Å². The van der Waals surface area contributed by atoms with Crippen molar-refractivity contribution in [1.29, 1.82) is 0 Å². The Morgan fingerprint density at radius 1 is 1.25 bits per heavy atom. The molecule has 0 spiro atoms. The second kappa shape index (κ2) is 4.86. The van der Waals surface area contributed by atoms with E-state index in [0.717, 1.165) is 12.0 Å². The Hall–Kier alpha value is -0.0400. The summed E-state index contributed by atoms with van der Waals surface area (Å²) in [4.78, 5) is 2.40. The van der Waals surface area contributed by atoms with Crippen LogP contribution in [0.25, 0.3) is 0 Å². The third kappa shape index (κ3) is 2.78. The van der Waals surface area contributed by atoms with E-state index in [-0.39, 0.29) is 0 Å². The van der Waals surface area contributed by atoms with E-state index in [1.165, 1.54) is 38.5 Å². The first-order chi connectivity index (χ1) is 5.74. The zero-order chi connectivity index (χ0) is 8.97. The van der Waals surface area contributed by atoms with E-state index in [2.05, 4.69) is 25.9 Å². The summed E-state index contributed by atoms with van der Waals surface area (Å²) in [5.41, 5.74) is 0. The van der Waals surface area contributed by atoms with E-state index in [0.29, 0.717) is 0 Å². The predicted molar refractivity (Wildman–Crippen MR) is 54.3 cm³/mol. The Bertz CT molecular complexity index is 118. The molecule has 0 aliphatic heterocycles. The van der Waals surface area contributed by atoms with Crippen molar-refractivity contribution in [2.75, 3.05) is 14.1 Å². The molecule has 0 heterocycles. The Morgan fingerprint density at radius 2 is 2.00 bits per heavy atom. The van der Waals surface area contributed by atoms with E-state index in [9.17, 15) is 0 Å². The van der Waals surface area contributed by atoms with Gasteiger partial charge in [0.25, 0.3) is 0 Å². The lowest BCUT2D eigenvalue weighted by Crippen LogP contribution is -2.33. The summed E-state index contributed by atoms with van der Waals surface area (Å²) in [5.74, 6) is 1.02. The maximum Gasteiger partial charge on any atom is 0.00918 e. The largest absolute Gasteiger partial charge is 0.306 e. The molecule has 0 aromatic rings. The lowest BCUT2D eigenvalue weighted by atomic mass is 9.83. The highest BCUT2D eigenvalue weighted by molar-refractivity contribution is 4.77. The molecular weight excluding hydrogens is 146 g/mol. The molecule has 1 rings (SSSR count). The Labute approximate surface area is 77.1 Å². The van der Waals surface area contributed by atoms with Crippen LogP contribution in [0.2, 0.25) is 0 Å². The van der Waals surface area contributed by atoms with Crippen LogP contribution in [0, 0.1) is 5.92 Å². The van der Waals surface area contributed by atoms with Gasteiger partial charge in [0, 0.05) is 6.04 Å². The second-order valence-corrected chi connectivity index (χ2v) is 4.44. The quantitative estimate of drug-likeness (QED) is 0.628. The molecule has 0 unspecified atom stereocenters. The summed E-state index contributed by atoms with van der Waals surface area (Å²) in [7, 11) is 4.44. The van der Waals surface area contributed by atoms with Gasteiger partial charge in [0.1, 0.15) is 0 Å². The molecule has 1 saturated carbocycles. The second-order valence-electron chi connectivity index (χ2n) is 4.44. The summed E-state index contributed by atoms with van der Waals surface area (Å²) >= 11 is 0. The van der Waals surface area contributed by atoms with Crippen molar-refractivity contribution in [1.82, 2.24) is 4.90 Å². The third-order valence-corrected chi connectivity index (χ3v) is 3.18. The van der Waals surface area contributed by atoms with Crippen LogP contribution in [0.4, 0.5) is 0 Å². The highest BCUT2D eigenvalue weighted by Crippen LogP contribution is 2.29. The monoisotopic (exact) mass is 169 g/mol. The number of hydrogen-bond acceptors (Lipinski definition) is 1. The van der Waals surface area contributed by atoms with Gasteiger partial charge in [0.05, 0.1) is 0 Å². The fourth-order valence-electron chi connectivity index (χ4n) is 2.40. The van der Waals surface area contributed by atoms with Crippen LogP contribution < -0.4 is 0 Å². The van der Waals surface area contributed by atoms with Gasteiger partial charge in [-0.05, 0) is 32.9 Å². The lowest BCUT2D eigenvalue weighted by molar-refractivity contribution is 0.179. The normalized spacial score (nSPS) is 31.0. The molecule has 0 amide bonds. The zero-order valence-corrected chi connectivity index (χ0v) is 8.84. The third-order valence-electron chi connectivity index (χ3n) is 3.18. The average molecular weight is 169 g/mol. The molecule has 12 heavy (non-hydrogen) atoms. The van der Waals surface area contributed by atoms with Crippen molar-refractivity contribution < 1.29 is 0 Å². The molecule has 1 nitrogen and oxygen atoms in total. The summed E-state index contributed by atoms with van der Waals surface area (Å²) < 4.78 is 0. The van der Waals surface area contributed by atoms with Gasteiger partial charge in [-0.15, -0.1) is 0 Å². The lowest BCUT2D eigenvalue weighted by Gasteiger charge is -2.33. The molecule has 1 fully saturated rings. The van der Waals surface area contributed by atoms with Crippen molar-refractivity contribution >= 4 is 0 Å². The van der Waals surface area contributed by atoms with E-state index in [4.69, 9.17) is 0 Å². The Balaban J connectivity index is 2.30. The van der Waals surface area contributed by atoms with Crippen molar-refractivity contribution in [3.8, 4) is 0 Å². The molecule has 2 atom stereocenters. The number of rotatable bonds is 3. The highest BCUT2D eigenvalue weighted by atomic mass is 15.1. The summed E-state index contributed by atoms with van der Waals surface area (Å²) in [6, 6.07) is 0.871. The van der Waals surface area contributed by atoms with Crippen molar-refractivity contribution in [2.24, 2.45) is 5.92 Å². The minimum absolute atomic E-state index is 0.871. The van der Waals surface area contributed by atoms with Crippen LogP contribution in [0.5, 0.6) is 0 Å². The smallest absolute Gasteiger partial charge is 0.00918 e. The van der Waals surface area contributed by atoms with E-state index < -0.39 is 0 Å². The Kier molecular flexibility index (Phi) is 4.07. The van der Waals surface area contributed by atoms with Gasteiger partial charge in [-0.3, -0.25) is 0 Å². The SMILES string of the molecule is CCC[C@H]1CCC[C@@H](N(C)C)C1. The first-order valence-electron chi connectivity index (χ1n) is 5.40. The predicted octanol–water partition coefficient (Wildman–Crippen LogP) is 2.91. The molecule has 0 radical (unpaired) electrons. The van der Waals surface area contributed by atoms with Crippen LogP contribution in [0.1, 0.15) is 45.4 Å². The van der Waals surface area contributed by atoms with Gasteiger partial charge >= 0.3 is 0 Å². The van der Waals surface area contributed by atoms with Crippen molar-refractivity contribution in [3.63, 3.8) is 0 Å². The topological polar surface area (TPSA) is 3.24 Å². The van der Waals surface area contributed by atoms with Crippen LogP contribution in [0.15, 0.2) is 0 Å². The summed E-state index contributed by atoms with van der Waals surface area (Å²) in [6.45, 7) is 2.30. The molecule has 0 aromatic carbocycles. The van der Waals surface area contributed by atoms with E-state index in [1.807, 2.05) is 0 Å². The fraction of sp³-hybridized carbons (Fsp3) is 1.00. The average Bonchev–Trinajstić information content (AvgIpc) is 2.05. The molecule has 1 aliphatic carbocycles. The first-order valence-corrected chi connectivity index (χ1v) is 5.40. The van der Waals surface area contributed by atoms with Crippen LogP contribution >= 0.6 is 0 Å². The van der Waals surface area contributed by atoms with Crippen LogP contribution in [-0.4, -0.2) is 25.0 Å². The van der Waals surface area contributed by atoms with Gasteiger partial charge in [0.15, 0.2) is 0 Å². The molecule has 0 bridgehead atoms. The molecule has 1 heteroatoms. The van der Waals surface area contributed by atoms with Crippen molar-refractivity contribution in [3.05, 3.63) is 0 Å². The number of nitrogens with zero attached hydrogens (tertiary/aromatic N) is 1. The maximum atomic E-state index is 2.40. The fourth-order valence-corrected chi connectivity index (χ4v) is 2.40. The summed E-state index contributed by atoms with van der Waals surface area (Å²) in [5, 5.41) is 0. The molecule has 0 N–H and O–H groups in total. The van der Waals surface area contributed by atoms with Crippen LogP contribution in [-0.2, 0) is 0 Å². The van der Waals surface area contributed by atoms with Gasteiger partial charge in [-0.25, -0.2) is 0 Å². The minimum atomic E-state index is 0.871. The van der Waals surface area contributed by atoms with Gasteiger partial charge < -0.3 is 4.90 Å². The van der Waals surface area contributed by atoms with Crippen molar-refractivity contribution in [2.45, 2.75) is 51.5 Å². The van der Waals surface area contributed by atoms with Gasteiger partial charge in [0.2, 0.25) is 0 Å². The minimum Gasteiger partial charge on any atom is -0.306 e. The maximum absolute atomic E-state index is 2.40. The Morgan fingerprint density at radius 3 is 2.58 bits per heavy atom. The van der Waals surface area contributed by atoms with Crippen LogP contribution in [0.3, 0.4) is 0 Å². The molecule has 0 saturated heterocycles. The molecule has 0 aromatic heterocycles. The molecule has 1 aliphatic rings. The van der Waals surface area contributed by atoms with E-state index in [1.54, 1.807) is 0 Å². The first kappa shape index (κ1) is 10.0. The standard InChI is InChI=1S/C11H23N/c1-4-6-10-7-5-8-11(9-10)12(2)3/h10-11H,4-9H2,1-3H3/t10-,11+/m0/s1. The number of hydrogen-bond donors (Lipinski definition) is 0. The van der Waals surface area contributed by atoms with E-state index >= 15 is 0 Å². The molecule has 72 valence electrons. The molecular formula is C11H23N.